The topological polar surface area (TPSA) is 34.4 Å². The van der Waals surface area contributed by atoms with Crippen LogP contribution < -0.4 is 0 Å². The maximum absolute atomic E-state index is 11.7. The van der Waals surface area contributed by atoms with Gasteiger partial charge in [-0.25, -0.2) is 4.98 Å². The molecule has 17 heavy (non-hydrogen) atoms. The Morgan fingerprint density at radius 1 is 1.53 bits per heavy atom. The maximum Gasteiger partial charge on any atom is 0.137 e. The lowest BCUT2D eigenvalue weighted by atomic mass is 10.1. The van der Waals surface area contributed by atoms with Crippen molar-refractivity contribution in [2.75, 3.05) is 0 Å². The molecule has 0 aromatic carbocycles. The SMILES string of the molecule is CCC(=O)C1CC1c1c(C)nc2ccccn12. The van der Waals surface area contributed by atoms with E-state index >= 15 is 0 Å². The number of aromatic nitrogens is 2. The van der Waals surface area contributed by atoms with E-state index in [0.717, 1.165) is 17.8 Å². The Balaban J connectivity index is 2.02. The van der Waals surface area contributed by atoms with E-state index in [1.807, 2.05) is 38.2 Å². The fraction of sp³-hybridized carbons (Fsp3) is 0.429. The number of pyridine rings is 1. The minimum absolute atomic E-state index is 0.235. The predicted molar refractivity (Wildman–Crippen MR) is 66.1 cm³/mol. The van der Waals surface area contributed by atoms with Crippen molar-refractivity contribution in [3.63, 3.8) is 0 Å². The molecule has 1 aliphatic rings. The van der Waals surface area contributed by atoms with Crippen LogP contribution in [0.5, 0.6) is 0 Å². The largest absolute Gasteiger partial charge is 0.304 e. The summed E-state index contributed by atoms with van der Waals surface area (Å²) in [6, 6.07) is 6.01. The zero-order valence-corrected chi connectivity index (χ0v) is 10.2. The Morgan fingerprint density at radius 2 is 2.35 bits per heavy atom. The van der Waals surface area contributed by atoms with Crippen molar-refractivity contribution in [1.82, 2.24) is 9.38 Å². The lowest BCUT2D eigenvalue weighted by Crippen LogP contribution is -2.01. The van der Waals surface area contributed by atoms with Crippen LogP contribution in [0, 0.1) is 12.8 Å². The minimum atomic E-state index is 0.235. The quantitative estimate of drug-likeness (QED) is 0.809. The molecular weight excluding hydrogens is 212 g/mol. The minimum Gasteiger partial charge on any atom is -0.304 e. The molecule has 0 bridgehead atoms. The first kappa shape index (κ1) is 10.5. The van der Waals surface area contributed by atoms with E-state index in [1.54, 1.807) is 0 Å². The lowest BCUT2D eigenvalue weighted by molar-refractivity contribution is -0.120. The molecule has 1 fully saturated rings. The molecule has 1 saturated carbocycles. The zero-order chi connectivity index (χ0) is 12.0. The molecule has 0 aliphatic heterocycles. The fourth-order valence-electron chi connectivity index (χ4n) is 2.69. The second-order valence-electron chi connectivity index (χ2n) is 4.78. The van der Waals surface area contributed by atoms with Crippen LogP contribution in [0.4, 0.5) is 0 Å². The molecule has 88 valence electrons. The standard InChI is InChI=1S/C14H16N2O/c1-3-12(17)10-8-11(10)14-9(2)15-13-6-4-5-7-16(13)14/h4-7,10-11H,3,8H2,1-2H3. The van der Waals surface area contributed by atoms with Gasteiger partial charge in [0.05, 0.1) is 5.69 Å². The van der Waals surface area contributed by atoms with Gasteiger partial charge in [-0.3, -0.25) is 4.79 Å². The van der Waals surface area contributed by atoms with Gasteiger partial charge in [-0.05, 0) is 25.5 Å². The highest BCUT2D eigenvalue weighted by Gasteiger charge is 2.45. The Kier molecular flexibility index (Phi) is 2.28. The average molecular weight is 228 g/mol. The van der Waals surface area contributed by atoms with Gasteiger partial charge in [-0.15, -0.1) is 0 Å². The molecule has 1 aliphatic carbocycles. The van der Waals surface area contributed by atoms with E-state index < -0.39 is 0 Å². The van der Waals surface area contributed by atoms with Crippen molar-refractivity contribution in [2.24, 2.45) is 5.92 Å². The van der Waals surface area contributed by atoms with Crippen molar-refractivity contribution < 1.29 is 4.79 Å². The van der Waals surface area contributed by atoms with Gasteiger partial charge in [0.25, 0.3) is 0 Å². The molecule has 2 aromatic heterocycles. The fourth-order valence-corrected chi connectivity index (χ4v) is 2.69. The second-order valence-corrected chi connectivity index (χ2v) is 4.78. The summed E-state index contributed by atoms with van der Waals surface area (Å²) < 4.78 is 2.13. The number of fused-ring (bicyclic) bond motifs is 1. The zero-order valence-electron chi connectivity index (χ0n) is 10.2. The molecule has 0 N–H and O–H groups in total. The summed E-state index contributed by atoms with van der Waals surface area (Å²) in [5.41, 5.74) is 3.27. The van der Waals surface area contributed by atoms with Crippen LogP contribution in [-0.4, -0.2) is 15.2 Å². The van der Waals surface area contributed by atoms with Crippen molar-refractivity contribution in [3.05, 3.63) is 35.8 Å². The summed E-state index contributed by atoms with van der Waals surface area (Å²) in [5.74, 6) is 1.01. The molecule has 3 heteroatoms. The molecule has 0 saturated heterocycles. The van der Waals surface area contributed by atoms with E-state index in [2.05, 4.69) is 9.38 Å². The number of hydrogen-bond acceptors (Lipinski definition) is 2. The van der Waals surface area contributed by atoms with E-state index in [1.165, 1.54) is 5.69 Å². The van der Waals surface area contributed by atoms with E-state index in [4.69, 9.17) is 0 Å². The van der Waals surface area contributed by atoms with Crippen molar-refractivity contribution >= 4 is 11.4 Å². The highest BCUT2D eigenvalue weighted by atomic mass is 16.1. The smallest absolute Gasteiger partial charge is 0.137 e. The van der Waals surface area contributed by atoms with Crippen molar-refractivity contribution in [2.45, 2.75) is 32.6 Å². The summed E-state index contributed by atoms with van der Waals surface area (Å²) in [7, 11) is 0. The van der Waals surface area contributed by atoms with Gasteiger partial charge >= 0.3 is 0 Å². The number of hydrogen-bond donors (Lipinski definition) is 0. The normalized spacial score (nSPS) is 22.9. The van der Waals surface area contributed by atoms with Crippen LogP contribution in [0.15, 0.2) is 24.4 Å². The summed E-state index contributed by atoms with van der Waals surface area (Å²) in [4.78, 5) is 16.2. The van der Waals surface area contributed by atoms with E-state index in [9.17, 15) is 4.79 Å². The molecule has 2 unspecified atom stereocenters. The molecule has 0 spiro atoms. The Labute approximate surface area is 100 Å². The summed E-state index contributed by atoms with van der Waals surface area (Å²) >= 11 is 0. The van der Waals surface area contributed by atoms with Crippen LogP contribution >= 0.6 is 0 Å². The van der Waals surface area contributed by atoms with E-state index in [0.29, 0.717) is 18.1 Å². The molecule has 2 atom stereocenters. The number of imidazole rings is 1. The Morgan fingerprint density at radius 3 is 3.12 bits per heavy atom. The van der Waals surface area contributed by atoms with Gasteiger partial charge in [-0.1, -0.05) is 13.0 Å². The number of nitrogens with zero attached hydrogens (tertiary/aromatic N) is 2. The van der Waals surface area contributed by atoms with Crippen LogP contribution in [0.3, 0.4) is 0 Å². The molecule has 3 nitrogen and oxygen atoms in total. The first-order valence-electron chi connectivity index (χ1n) is 6.18. The highest BCUT2D eigenvalue weighted by Crippen LogP contribution is 2.49. The number of ketones is 1. The average Bonchev–Trinajstić information content (AvgIpc) is 3.04. The maximum atomic E-state index is 11.7. The van der Waals surface area contributed by atoms with Gasteiger partial charge in [0.15, 0.2) is 0 Å². The van der Waals surface area contributed by atoms with Gasteiger partial charge in [0.2, 0.25) is 0 Å². The Hall–Kier alpha value is -1.64. The number of rotatable bonds is 3. The van der Waals surface area contributed by atoms with Crippen LogP contribution in [0.25, 0.3) is 5.65 Å². The van der Waals surface area contributed by atoms with Gasteiger partial charge in [0.1, 0.15) is 11.4 Å². The van der Waals surface area contributed by atoms with Crippen LogP contribution in [0.1, 0.15) is 37.1 Å². The third kappa shape index (κ3) is 1.57. The summed E-state index contributed by atoms with van der Waals surface area (Å²) in [6.45, 7) is 3.98. The van der Waals surface area contributed by atoms with Crippen molar-refractivity contribution in [3.8, 4) is 0 Å². The molecule has 3 rings (SSSR count). The molecule has 0 radical (unpaired) electrons. The molecule has 2 heterocycles. The van der Waals surface area contributed by atoms with Gasteiger partial charge in [-0.2, -0.15) is 0 Å². The summed E-state index contributed by atoms with van der Waals surface area (Å²) in [6.07, 6.45) is 3.68. The predicted octanol–water partition coefficient (Wildman–Crippen LogP) is 2.73. The first-order chi connectivity index (χ1) is 8.22. The van der Waals surface area contributed by atoms with Crippen molar-refractivity contribution in [1.29, 1.82) is 0 Å². The number of carbonyl (C=O) groups is 1. The third-order valence-corrected chi connectivity index (χ3v) is 3.65. The van der Waals surface area contributed by atoms with Crippen LogP contribution in [-0.2, 0) is 4.79 Å². The monoisotopic (exact) mass is 228 g/mol. The number of aryl methyl sites for hydroxylation is 1. The van der Waals surface area contributed by atoms with Gasteiger partial charge in [0, 0.05) is 30.1 Å². The lowest BCUT2D eigenvalue weighted by Gasteiger charge is -2.01. The Bertz CT molecular complexity index is 585. The third-order valence-electron chi connectivity index (χ3n) is 3.65. The molecule has 0 amide bonds. The van der Waals surface area contributed by atoms with Crippen LogP contribution in [0.2, 0.25) is 0 Å². The molecule has 2 aromatic rings. The highest BCUT2D eigenvalue weighted by molar-refractivity contribution is 5.84. The van der Waals surface area contributed by atoms with E-state index in [-0.39, 0.29) is 5.92 Å². The van der Waals surface area contributed by atoms with Gasteiger partial charge < -0.3 is 4.40 Å². The second kappa shape index (κ2) is 3.69. The number of carbonyl (C=O) groups excluding carboxylic acids is 1. The first-order valence-corrected chi connectivity index (χ1v) is 6.18. The number of Topliss-reactive ketones (excluding diaryl/α,β-unsaturated/α-hetero) is 1. The summed E-state index contributed by atoms with van der Waals surface area (Å²) in [5, 5.41) is 0. The molecular formula is C14H16N2O.